The normalized spacial score (nSPS) is 11.8. The number of aliphatic hydroxyl groups is 1. The summed E-state index contributed by atoms with van der Waals surface area (Å²) in [5.41, 5.74) is 0.796. The molecule has 0 fully saturated rings. The Morgan fingerprint density at radius 1 is 1.22 bits per heavy atom. The van der Waals surface area contributed by atoms with E-state index in [1.807, 2.05) is 34.6 Å². The number of rotatable bonds is 7. The minimum absolute atomic E-state index is 0.0373. The van der Waals surface area contributed by atoms with E-state index in [9.17, 15) is 14.4 Å². The van der Waals surface area contributed by atoms with E-state index >= 15 is 0 Å². The van der Waals surface area contributed by atoms with Crippen LogP contribution in [0.1, 0.15) is 41.0 Å². The van der Waals surface area contributed by atoms with Gasteiger partial charge in [0, 0.05) is 19.7 Å². The van der Waals surface area contributed by atoms with E-state index in [-0.39, 0.29) is 12.5 Å². The standard InChI is InChI=1S/C21H30N4O4.C3H6/c1-14(2)13-24-15-9-6-7-10-16(15)25(20(24)29)19(28)23-17(21(3,4)5)18(27)22-11-8-12-26;1-3-2/h6-7,9-10,17,26H,1,8,11-13H2,2-5H3,(H,22,27)(H,23,28);3H,1H2,2H3/t17-;/m1./s1. The van der Waals surface area contributed by atoms with Crippen molar-refractivity contribution < 1.29 is 14.7 Å². The Balaban J connectivity index is 0.00000161. The summed E-state index contributed by atoms with van der Waals surface area (Å²) >= 11 is 0. The lowest BCUT2D eigenvalue weighted by Gasteiger charge is -2.30. The molecule has 0 saturated carbocycles. The maximum atomic E-state index is 13.1. The minimum atomic E-state index is -0.858. The van der Waals surface area contributed by atoms with E-state index in [1.165, 1.54) is 4.57 Å². The topological polar surface area (TPSA) is 105 Å². The smallest absolute Gasteiger partial charge is 0.337 e. The first-order valence-electron chi connectivity index (χ1n) is 10.6. The molecule has 32 heavy (non-hydrogen) atoms. The van der Waals surface area contributed by atoms with E-state index in [0.717, 1.165) is 10.1 Å². The highest BCUT2D eigenvalue weighted by atomic mass is 16.3. The first-order chi connectivity index (χ1) is 15.0. The van der Waals surface area contributed by atoms with Gasteiger partial charge >= 0.3 is 11.7 Å². The summed E-state index contributed by atoms with van der Waals surface area (Å²) in [6.07, 6.45) is 2.17. The molecule has 1 heterocycles. The monoisotopic (exact) mass is 444 g/mol. The number of fused-ring (bicyclic) bond motifs is 1. The van der Waals surface area contributed by atoms with Gasteiger partial charge in [-0.3, -0.25) is 9.36 Å². The second kappa shape index (κ2) is 12.0. The summed E-state index contributed by atoms with van der Waals surface area (Å²) in [5, 5.41) is 14.3. The van der Waals surface area contributed by atoms with Gasteiger partial charge in [-0.05, 0) is 37.8 Å². The summed E-state index contributed by atoms with van der Waals surface area (Å²) in [7, 11) is 0. The fraction of sp³-hybridized carbons (Fsp3) is 0.458. The number of hydrogen-bond acceptors (Lipinski definition) is 4. The zero-order valence-electron chi connectivity index (χ0n) is 19.8. The largest absolute Gasteiger partial charge is 0.396 e. The third-order valence-electron chi connectivity index (χ3n) is 4.50. The third-order valence-corrected chi connectivity index (χ3v) is 4.50. The van der Waals surface area contributed by atoms with Crippen molar-refractivity contribution >= 4 is 23.0 Å². The molecule has 8 heteroatoms. The molecule has 0 saturated heterocycles. The molecule has 0 unspecified atom stereocenters. The van der Waals surface area contributed by atoms with Gasteiger partial charge in [0.05, 0.1) is 11.0 Å². The van der Waals surface area contributed by atoms with E-state index in [4.69, 9.17) is 5.11 Å². The average Bonchev–Trinajstić information content (AvgIpc) is 2.97. The van der Waals surface area contributed by atoms with Crippen LogP contribution in [0.2, 0.25) is 0 Å². The minimum Gasteiger partial charge on any atom is -0.396 e. The first kappa shape index (κ1) is 26.9. The number of nitrogens with one attached hydrogen (secondary N) is 2. The van der Waals surface area contributed by atoms with Crippen LogP contribution in [0.5, 0.6) is 0 Å². The Morgan fingerprint density at radius 3 is 2.28 bits per heavy atom. The van der Waals surface area contributed by atoms with Gasteiger partial charge in [-0.15, -0.1) is 6.58 Å². The maximum absolute atomic E-state index is 13.1. The molecule has 0 spiro atoms. The number of imidazole rings is 1. The van der Waals surface area contributed by atoms with Crippen LogP contribution >= 0.6 is 0 Å². The molecule has 3 N–H and O–H groups in total. The number of carbonyl (C=O) groups excluding carboxylic acids is 2. The molecule has 0 radical (unpaired) electrons. The lowest BCUT2D eigenvalue weighted by Crippen LogP contribution is -2.55. The van der Waals surface area contributed by atoms with Crippen molar-refractivity contribution in [2.45, 2.75) is 53.6 Å². The fourth-order valence-corrected chi connectivity index (χ4v) is 3.08. The van der Waals surface area contributed by atoms with Crippen molar-refractivity contribution in [1.82, 2.24) is 19.8 Å². The van der Waals surface area contributed by atoms with Gasteiger partial charge in [0.25, 0.3) is 0 Å². The van der Waals surface area contributed by atoms with Crippen LogP contribution in [-0.4, -0.2) is 45.4 Å². The number of aromatic nitrogens is 2. The van der Waals surface area contributed by atoms with Crippen LogP contribution in [-0.2, 0) is 11.3 Å². The molecule has 0 aliphatic heterocycles. The Morgan fingerprint density at radius 2 is 1.78 bits per heavy atom. The molecule has 1 aromatic carbocycles. The molecular formula is C24H36N4O4. The van der Waals surface area contributed by atoms with Crippen LogP contribution < -0.4 is 16.3 Å². The van der Waals surface area contributed by atoms with Crippen molar-refractivity contribution in [3.8, 4) is 0 Å². The molecule has 8 nitrogen and oxygen atoms in total. The summed E-state index contributed by atoms with van der Waals surface area (Å²) in [6, 6.07) is 5.49. The molecule has 0 bridgehead atoms. The van der Waals surface area contributed by atoms with E-state index in [1.54, 1.807) is 30.3 Å². The summed E-state index contributed by atoms with van der Waals surface area (Å²) < 4.78 is 2.54. The highest BCUT2D eigenvalue weighted by Gasteiger charge is 2.33. The predicted octanol–water partition coefficient (Wildman–Crippen LogP) is 3.04. The van der Waals surface area contributed by atoms with Gasteiger partial charge in [0.15, 0.2) is 0 Å². The predicted molar refractivity (Wildman–Crippen MR) is 129 cm³/mol. The number of nitrogens with zero attached hydrogens (tertiary/aromatic N) is 2. The van der Waals surface area contributed by atoms with Crippen molar-refractivity contribution in [2.75, 3.05) is 13.2 Å². The Bertz CT molecular complexity index is 1010. The van der Waals surface area contributed by atoms with E-state index in [0.29, 0.717) is 30.5 Å². The molecular weight excluding hydrogens is 408 g/mol. The van der Waals surface area contributed by atoms with Gasteiger partial charge in [-0.25, -0.2) is 14.2 Å². The number of aliphatic hydroxyl groups excluding tert-OH is 1. The maximum Gasteiger partial charge on any atom is 0.337 e. The van der Waals surface area contributed by atoms with Crippen molar-refractivity contribution in [2.24, 2.45) is 5.41 Å². The molecule has 176 valence electrons. The van der Waals surface area contributed by atoms with Crippen LogP contribution in [0, 0.1) is 5.41 Å². The van der Waals surface area contributed by atoms with Crippen molar-refractivity contribution in [1.29, 1.82) is 0 Å². The fourth-order valence-electron chi connectivity index (χ4n) is 3.08. The van der Waals surface area contributed by atoms with Gasteiger partial charge in [-0.1, -0.05) is 51.1 Å². The molecule has 2 aromatic rings. The van der Waals surface area contributed by atoms with Crippen molar-refractivity contribution in [3.63, 3.8) is 0 Å². The Labute approximate surface area is 189 Å². The zero-order valence-corrected chi connectivity index (χ0v) is 19.8. The average molecular weight is 445 g/mol. The Hall–Kier alpha value is -3.13. The second-order valence-corrected chi connectivity index (χ2v) is 8.67. The molecule has 1 aromatic heterocycles. The quantitative estimate of drug-likeness (QED) is 0.451. The number of hydrogen-bond donors (Lipinski definition) is 3. The molecule has 2 amide bonds. The van der Waals surface area contributed by atoms with E-state index in [2.05, 4.69) is 23.8 Å². The van der Waals surface area contributed by atoms with Crippen LogP contribution in [0.15, 0.2) is 53.9 Å². The van der Waals surface area contributed by atoms with Gasteiger partial charge in [0.2, 0.25) is 5.91 Å². The number of para-hydroxylation sites is 2. The summed E-state index contributed by atoms with van der Waals surface area (Å²) in [6.45, 7) is 17.0. The lowest BCUT2D eigenvalue weighted by atomic mass is 9.86. The highest BCUT2D eigenvalue weighted by Crippen LogP contribution is 2.20. The van der Waals surface area contributed by atoms with Crippen molar-refractivity contribution in [3.05, 3.63) is 59.6 Å². The lowest BCUT2D eigenvalue weighted by molar-refractivity contribution is -0.125. The molecule has 0 aliphatic carbocycles. The zero-order chi connectivity index (χ0) is 24.5. The number of carbonyl (C=O) groups is 2. The van der Waals surface area contributed by atoms with Crippen LogP contribution in [0.4, 0.5) is 4.79 Å². The van der Waals surface area contributed by atoms with Crippen LogP contribution in [0.3, 0.4) is 0 Å². The second-order valence-electron chi connectivity index (χ2n) is 8.67. The molecule has 0 aliphatic rings. The number of amides is 2. The number of allylic oxidation sites excluding steroid dienone is 2. The number of benzene rings is 1. The van der Waals surface area contributed by atoms with Crippen LogP contribution in [0.25, 0.3) is 11.0 Å². The SMILES string of the molecule is C=C(C)Cn1c(=O)n(C(=O)N[C@H](C(=O)NCCCO)C(C)(C)C)c2ccccc21.C=CC. The van der Waals surface area contributed by atoms with Gasteiger partial charge in [-0.2, -0.15) is 0 Å². The van der Waals surface area contributed by atoms with Gasteiger partial charge < -0.3 is 15.7 Å². The highest BCUT2D eigenvalue weighted by molar-refractivity contribution is 5.93. The first-order valence-corrected chi connectivity index (χ1v) is 10.6. The van der Waals surface area contributed by atoms with E-state index < -0.39 is 23.2 Å². The molecule has 1 atom stereocenters. The Kier molecular flexibility index (Phi) is 10.1. The summed E-state index contributed by atoms with van der Waals surface area (Å²) in [5.74, 6) is -0.363. The third kappa shape index (κ3) is 6.95. The molecule has 2 rings (SSSR count). The summed E-state index contributed by atoms with van der Waals surface area (Å²) in [4.78, 5) is 38.7. The van der Waals surface area contributed by atoms with Gasteiger partial charge in [0.1, 0.15) is 6.04 Å².